The highest BCUT2D eigenvalue weighted by Crippen LogP contribution is 2.79. The van der Waals surface area contributed by atoms with Crippen molar-refractivity contribution in [3.05, 3.63) is 0 Å². The van der Waals surface area contributed by atoms with E-state index in [1.807, 2.05) is 0 Å². The summed E-state index contributed by atoms with van der Waals surface area (Å²) in [5, 5.41) is 0. The topological polar surface area (TPSA) is 75.3 Å². The van der Waals surface area contributed by atoms with Gasteiger partial charge in [0, 0.05) is 24.7 Å². The number of hydrazine groups is 1. The van der Waals surface area contributed by atoms with Crippen LogP contribution in [0.25, 0.3) is 0 Å². The Morgan fingerprint density at radius 3 is 2.00 bits per heavy atom. The molecular formula is C42H68N2O3. The van der Waals surface area contributed by atoms with Gasteiger partial charge in [-0.3, -0.25) is 25.2 Å². The van der Waals surface area contributed by atoms with Gasteiger partial charge in [0.05, 0.1) is 0 Å². The zero-order valence-corrected chi connectivity index (χ0v) is 31.7. The minimum atomic E-state index is -0.265. The molecule has 7 rings (SSSR count). The molecule has 0 aromatic heterocycles. The maximum atomic E-state index is 15.0. The molecule has 0 heterocycles. The van der Waals surface area contributed by atoms with Crippen LogP contribution in [0.4, 0.5) is 0 Å². The standard InChI is InChI=1S/C42H68N2O3/c1-25-13-16-39(8)31(36(25,3)4)15-17-41(10)32(39)12-11-29-34-28(38(7)19-20-38)14-18-42(34,22-21-40(29,41)9)33(46)24-27-23-30(37(27,5)6)35(47)44-43-26(2)45/h25,27-32,34H,11-24H2,1-10H3,(H,43,45)(H,44,47)/t25-,27-,28+,29+,30+,31-,32+,34+,39-,40+,41+,42+/m0/s1. The van der Waals surface area contributed by atoms with Crippen LogP contribution in [0.2, 0.25) is 0 Å². The van der Waals surface area contributed by atoms with E-state index in [4.69, 9.17) is 0 Å². The molecule has 0 saturated heterocycles. The van der Waals surface area contributed by atoms with E-state index in [1.54, 1.807) is 0 Å². The van der Waals surface area contributed by atoms with Crippen molar-refractivity contribution in [1.29, 1.82) is 0 Å². The molecular weight excluding hydrogens is 580 g/mol. The molecule has 0 aromatic carbocycles. The maximum Gasteiger partial charge on any atom is 0.242 e. The monoisotopic (exact) mass is 649 g/mol. The molecule has 0 unspecified atom stereocenters. The van der Waals surface area contributed by atoms with E-state index in [2.05, 4.69) is 73.2 Å². The average Bonchev–Trinajstić information content (AvgIpc) is 3.61. The molecule has 0 spiro atoms. The molecule has 7 aliphatic carbocycles. The molecule has 264 valence electrons. The van der Waals surface area contributed by atoms with E-state index >= 15 is 4.79 Å². The first-order valence-corrected chi connectivity index (χ1v) is 19.9. The number of fused-ring (bicyclic) bond motifs is 7. The van der Waals surface area contributed by atoms with Crippen LogP contribution in [0.5, 0.6) is 0 Å². The molecule has 5 nitrogen and oxygen atoms in total. The number of ketones is 1. The summed E-state index contributed by atoms with van der Waals surface area (Å²) in [6.07, 6.45) is 16.9. The molecule has 7 saturated carbocycles. The van der Waals surface area contributed by atoms with Crippen LogP contribution >= 0.6 is 0 Å². The molecule has 0 radical (unpaired) electrons. The zero-order valence-electron chi connectivity index (χ0n) is 31.7. The Labute approximate surface area is 286 Å². The van der Waals surface area contributed by atoms with Crippen LogP contribution in [0.3, 0.4) is 0 Å². The summed E-state index contributed by atoms with van der Waals surface area (Å²) in [5.41, 5.74) is 6.55. The average molecular weight is 649 g/mol. The quantitative estimate of drug-likeness (QED) is 0.292. The number of carbonyl (C=O) groups excluding carboxylic acids is 3. The van der Waals surface area contributed by atoms with Gasteiger partial charge in [0.1, 0.15) is 5.78 Å². The van der Waals surface area contributed by atoms with Crippen LogP contribution in [0.1, 0.15) is 159 Å². The lowest BCUT2D eigenvalue weighted by atomic mass is 9.31. The second-order valence-electron chi connectivity index (χ2n) is 21.0. The number of hydrogen-bond acceptors (Lipinski definition) is 3. The van der Waals surface area contributed by atoms with Gasteiger partial charge in [-0.1, -0.05) is 62.3 Å². The Morgan fingerprint density at radius 2 is 1.36 bits per heavy atom. The Balaban J connectivity index is 1.17. The molecule has 2 amide bonds. The number of carbonyl (C=O) groups is 3. The van der Waals surface area contributed by atoms with Crippen molar-refractivity contribution in [2.24, 2.45) is 85.2 Å². The van der Waals surface area contributed by atoms with Crippen LogP contribution in [0, 0.1) is 85.2 Å². The summed E-state index contributed by atoms with van der Waals surface area (Å²) in [6, 6.07) is 0. The van der Waals surface area contributed by atoms with Crippen LogP contribution in [0.15, 0.2) is 0 Å². The lowest BCUT2D eigenvalue weighted by Gasteiger charge is -2.73. The van der Waals surface area contributed by atoms with Crippen molar-refractivity contribution in [2.75, 3.05) is 0 Å². The molecule has 0 aromatic rings. The largest absolute Gasteiger partial charge is 0.299 e. The summed E-state index contributed by atoms with van der Waals surface area (Å²) in [6.45, 7) is 24.2. The first kappa shape index (κ1) is 34.1. The van der Waals surface area contributed by atoms with Gasteiger partial charge in [-0.25, -0.2) is 0 Å². The Bertz CT molecular complexity index is 1330. The SMILES string of the molecule is CC(=O)NNC(=O)[C@H]1C[C@@H](CC(=O)[C@]23CC[C@@H](C4(C)CC4)[C@@H]2[C@H]2CC[C@@H]4[C@@]5(C)CC[C@H](C)C(C)(C)[C@@H]5CC[C@@]4(C)[C@]2(C)CC3)C1(C)C. The van der Waals surface area contributed by atoms with Crippen molar-refractivity contribution in [3.8, 4) is 0 Å². The molecule has 5 heteroatoms. The Hall–Kier alpha value is -1.39. The lowest BCUT2D eigenvalue weighted by molar-refractivity contribution is -0.243. The van der Waals surface area contributed by atoms with Gasteiger partial charge >= 0.3 is 0 Å². The van der Waals surface area contributed by atoms with E-state index in [0.717, 1.165) is 37.0 Å². The predicted molar refractivity (Wildman–Crippen MR) is 188 cm³/mol. The summed E-state index contributed by atoms with van der Waals surface area (Å²) in [5.74, 6) is 4.48. The van der Waals surface area contributed by atoms with Crippen molar-refractivity contribution < 1.29 is 14.4 Å². The molecule has 7 aliphatic rings. The van der Waals surface area contributed by atoms with Crippen molar-refractivity contribution in [3.63, 3.8) is 0 Å². The number of hydrogen-bond donors (Lipinski definition) is 2. The van der Waals surface area contributed by atoms with E-state index in [1.165, 1.54) is 71.1 Å². The lowest BCUT2D eigenvalue weighted by Crippen LogP contribution is -2.66. The predicted octanol–water partition coefficient (Wildman–Crippen LogP) is 9.29. The Kier molecular flexibility index (Phi) is 7.66. The smallest absolute Gasteiger partial charge is 0.242 e. The van der Waals surface area contributed by atoms with Crippen LogP contribution < -0.4 is 10.9 Å². The molecule has 2 N–H and O–H groups in total. The van der Waals surface area contributed by atoms with Crippen molar-refractivity contribution >= 4 is 17.6 Å². The van der Waals surface area contributed by atoms with Crippen LogP contribution in [-0.2, 0) is 14.4 Å². The zero-order chi connectivity index (χ0) is 34.2. The maximum absolute atomic E-state index is 15.0. The summed E-state index contributed by atoms with van der Waals surface area (Å²) >= 11 is 0. The van der Waals surface area contributed by atoms with E-state index in [-0.39, 0.29) is 34.5 Å². The third kappa shape index (κ3) is 4.54. The van der Waals surface area contributed by atoms with Gasteiger partial charge in [0.25, 0.3) is 0 Å². The van der Waals surface area contributed by atoms with E-state index < -0.39 is 0 Å². The minimum Gasteiger partial charge on any atom is -0.299 e. The molecule has 12 atom stereocenters. The number of nitrogens with one attached hydrogen (secondary N) is 2. The summed E-state index contributed by atoms with van der Waals surface area (Å²) in [7, 11) is 0. The van der Waals surface area contributed by atoms with Crippen molar-refractivity contribution in [2.45, 2.75) is 159 Å². The van der Waals surface area contributed by atoms with E-state index in [9.17, 15) is 9.59 Å². The second kappa shape index (κ2) is 10.6. The highest BCUT2D eigenvalue weighted by atomic mass is 16.2. The van der Waals surface area contributed by atoms with Gasteiger partial charge in [0.15, 0.2) is 0 Å². The third-order valence-electron chi connectivity index (χ3n) is 19.1. The van der Waals surface area contributed by atoms with Gasteiger partial charge in [-0.05, 0) is 157 Å². The molecule has 0 aliphatic heterocycles. The van der Waals surface area contributed by atoms with Gasteiger partial charge in [-0.2, -0.15) is 0 Å². The van der Waals surface area contributed by atoms with E-state index in [0.29, 0.717) is 57.0 Å². The fourth-order valence-corrected chi connectivity index (χ4v) is 15.1. The summed E-state index contributed by atoms with van der Waals surface area (Å²) in [4.78, 5) is 39.3. The Morgan fingerprint density at radius 1 is 0.660 bits per heavy atom. The van der Waals surface area contributed by atoms with Gasteiger partial charge in [-0.15, -0.1) is 0 Å². The number of Topliss-reactive ketones (excluding diaryl/α,β-unsaturated/α-hetero) is 1. The van der Waals surface area contributed by atoms with Gasteiger partial charge in [0.2, 0.25) is 11.8 Å². The third-order valence-corrected chi connectivity index (χ3v) is 19.1. The fourth-order valence-electron chi connectivity index (χ4n) is 15.1. The minimum absolute atomic E-state index is 0.120. The summed E-state index contributed by atoms with van der Waals surface area (Å²) < 4.78 is 0. The molecule has 0 bridgehead atoms. The highest BCUT2D eigenvalue weighted by Gasteiger charge is 2.73. The highest BCUT2D eigenvalue weighted by molar-refractivity contribution is 5.87. The molecule has 7 fully saturated rings. The number of rotatable bonds is 5. The van der Waals surface area contributed by atoms with Gasteiger partial charge < -0.3 is 0 Å². The normalized spacial score (nSPS) is 50.0. The first-order valence-electron chi connectivity index (χ1n) is 19.9. The number of amides is 2. The van der Waals surface area contributed by atoms with Crippen molar-refractivity contribution in [1.82, 2.24) is 10.9 Å². The second-order valence-corrected chi connectivity index (χ2v) is 21.0. The molecule has 47 heavy (non-hydrogen) atoms. The first-order chi connectivity index (χ1) is 21.8. The fraction of sp³-hybridized carbons (Fsp3) is 0.929. The van der Waals surface area contributed by atoms with Crippen LogP contribution in [-0.4, -0.2) is 17.6 Å².